The van der Waals surface area contributed by atoms with Gasteiger partial charge in [0.05, 0.1) is 31.2 Å². The highest BCUT2D eigenvalue weighted by molar-refractivity contribution is 6.26. The first kappa shape index (κ1) is 29.3. The number of carbonyl (C=O) groups excluding carboxylic acids is 4. The van der Waals surface area contributed by atoms with E-state index in [0.29, 0.717) is 17.7 Å². The number of Topliss-reactive ketones (excluding diaryl/α,β-unsaturated/α-hetero) is 3. The Balaban J connectivity index is 3.96. The van der Waals surface area contributed by atoms with Gasteiger partial charge in [-0.2, -0.15) is 0 Å². The van der Waals surface area contributed by atoms with Crippen LogP contribution in [0.5, 0.6) is 0 Å². The van der Waals surface area contributed by atoms with Crippen molar-refractivity contribution in [1.29, 1.82) is 0 Å². The number of hydrogen-bond donors (Lipinski definition) is 7. The first-order valence-corrected chi connectivity index (χ1v) is 10.7. The van der Waals surface area contributed by atoms with Gasteiger partial charge in [0.1, 0.15) is 5.41 Å². The number of carboxylic acids is 2. The van der Waals surface area contributed by atoms with Crippen LogP contribution in [0.2, 0.25) is 0 Å². The van der Waals surface area contributed by atoms with E-state index in [2.05, 4.69) is 0 Å². The smallest absolute Gasteiger partial charge is 0.339 e. The van der Waals surface area contributed by atoms with Crippen molar-refractivity contribution in [2.75, 3.05) is 19.7 Å². The molecule has 1 amide bonds. The largest absolute Gasteiger partial charge is 0.481 e. The average Bonchev–Trinajstić information content (AvgIpc) is 3.14. The van der Waals surface area contributed by atoms with Crippen molar-refractivity contribution < 1.29 is 44.1 Å². The van der Waals surface area contributed by atoms with Crippen molar-refractivity contribution in [2.24, 2.45) is 28.3 Å². The second-order valence-electron chi connectivity index (χ2n) is 8.32. The lowest BCUT2D eigenvalue weighted by Gasteiger charge is -2.45. The second-order valence-corrected chi connectivity index (χ2v) is 8.32. The number of nitrogens with two attached hydrogens (primary N) is 4. The fraction of sp³-hybridized carbons (Fsp3) is 0.700. The Bertz CT molecular complexity index is 850. The number of ketones is 3. The normalized spacial score (nSPS) is 24.8. The first-order chi connectivity index (χ1) is 15.8. The van der Waals surface area contributed by atoms with Crippen LogP contribution in [-0.4, -0.2) is 98.8 Å². The number of aliphatic carboxylic acids is 2. The molecule has 0 bridgehead atoms. The molecule has 0 radical (unpaired) electrons. The third-order valence-electron chi connectivity index (χ3n) is 6.19. The molecule has 11 N–H and O–H groups in total. The van der Waals surface area contributed by atoms with Gasteiger partial charge in [0, 0.05) is 13.5 Å². The summed E-state index contributed by atoms with van der Waals surface area (Å²) >= 11 is 0. The highest BCUT2D eigenvalue weighted by atomic mass is 16.4. The van der Waals surface area contributed by atoms with Gasteiger partial charge in [-0.05, 0) is 25.8 Å². The zero-order valence-corrected chi connectivity index (χ0v) is 18.9. The molecule has 5 atom stereocenters. The van der Waals surface area contributed by atoms with Crippen LogP contribution in [0.4, 0.5) is 0 Å². The number of nitrogens with zero attached hydrogens (tertiary/aromatic N) is 1. The molecule has 34 heavy (non-hydrogen) atoms. The van der Waals surface area contributed by atoms with E-state index in [1.807, 2.05) is 0 Å². The van der Waals surface area contributed by atoms with Gasteiger partial charge in [-0.1, -0.05) is 6.42 Å². The molecule has 0 aromatic heterocycles. The molecule has 0 aromatic rings. The van der Waals surface area contributed by atoms with Gasteiger partial charge in [-0.3, -0.25) is 24.0 Å². The average molecular weight is 488 g/mol. The molecule has 1 aliphatic rings. The maximum atomic E-state index is 13.7. The fourth-order valence-electron chi connectivity index (χ4n) is 4.63. The number of carbonyl (C=O) groups is 6. The lowest BCUT2D eigenvalue weighted by atomic mass is 9.58. The summed E-state index contributed by atoms with van der Waals surface area (Å²) in [6.45, 7) is -0.340. The van der Waals surface area contributed by atoms with E-state index in [-0.39, 0.29) is 13.0 Å². The Morgan fingerprint density at radius 2 is 1.47 bits per heavy atom. The topological polar surface area (TPSA) is 270 Å². The zero-order valence-electron chi connectivity index (χ0n) is 18.9. The zero-order chi connectivity index (χ0) is 26.4. The molecule has 1 aliphatic heterocycles. The van der Waals surface area contributed by atoms with Gasteiger partial charge in [0.15, 0.2) is 17.3 Å². The molecular formula is C20H33N5O9. The number of unbranched alkanes of at least 4 members (excludes halogenated alkanes) is 1. The molecule has 1 heterocycles. The van der Waals surface area contributed by atoms with E-state index < -0.39 is 90.3 Å². The Morgan fingerprint density at radius 3 is 1.91 bits per heavy atom. The van der Waals surface area contributed by atoms with E-state index in [1.54, 1.807) is 0 Å². The summed E-state index contributed by atoms with van der Waals surface area (Å²) in [5.74, 6) is -8.54. The maximum Gasteiger partial charge on any atom is 0.339 e. The Labute approximate surface area is 195 Å². The van der Waals surface area contributed by atoms with Crippen LogP contribution in [0, 0.1) is 5.41 Å². The quantitative estimate of drug-likeness (QED) is 0.0920. The molecule has 0 saturated carbocycles. The molecule has 0 spiro atoms. The van der Waals surface area contributed by atoms with Crippen LogP contribution >= 0.6 is 0 Å². The monoisotopic (exact) mass is 487 g/mol. The number of amides is 1. The molecule has 1 saturated heterocycles. The molecular weight excluding hydrogens is 454 g/mol. The van der Waals surface area contributed by atoms with Crippen molar-refractivity contribution in [1.82, 2.24) is 4.90 Å². The van der Waals surface area contributed by atoms with E-state index in [4.69, 9.17) is 28.0 Å². The molecule has 5 unspecified atom stereocenters. The summed E-state index contributed by atoms with van der Waals surface area (Å²) in [4.78, 5) is 77.9. The number of hydrogen-bond acceptors (Lipinski definition) is 11. The van der Waals surface area contributed by atoms with Crippen molar-refractivity contribution in [3.8, 4) is 0 Å². The van der Waals surface area contributed by atoms with E-state index in [9.17, 15) is 39.0 Å². The SMILES string of the molecule is CC(=O)N1CCC(C(=O)C(N)CO)(C(=O)C(N)CC(=O)O)C1(C(=O)O)C(=O)C(N)CCCCN. The van der Waals surface area contributed by atoms with Crippen LogP contribution in [0.15, 0.2) is 0 Å². The molecule has 14 nitrogen and oxygen atoms in total. The van der Waals surface area contributed by atoms with Gasteiger partial charge < -0.3 is 43.2 Å². The predicted molar refractivity (Wildman–Crippen MR) is 116 cm³/mol. The minimum absolute atomic E-state index is 0.0670. The minimum Gasteiger partial charge on any atom is -0.481 e. The third-order valence-corrected chi connectivity index (χ3v) is 6.19. The maximum absolute atomic E-state index is 13.7. The Hall–Kier alpha value is -2.78. The number of aliphatic hydroxyl groups is 1. The number of likely N-dealkylation sites (tertiary alicyclic amines) is 1. The number of carboxylic acid groups (broad SMARTS) is 2. The third kappa shape index (κ3) is 4.86. The Kier molecular flexibility index (Phi) is 9.96. The van der Waals surface area contributed by atoms with Crippen LogP contribution in [0.3, 0.4) is 0 Å². The summed E-state index contributed by atoms with van der Waals surface area (Å²) in [6, 6.07) is -5.27. The summed E-state index contributed by atoms with van der Waals surface area (Å²) in [5.41, 5.74) is 16.8. The molecule has 192 valence electrons. The van der Waals surface area contributed by atoms with Crippen molar-refractivity contribution in [2.45, 2.75) is 62.7 Å². The van der Waals surface area contributed by atoms with Crippen LogP contribution in [0.25, 0.3) is 0 Å². The van der Waals surface area contributed by atoms with E-state index >= 15 is 0 Å². The van der Waals surface area contributed by atoms with Crippen molar-refractivity contribution in [3.63, 3.8) is 0 Å². The Morgan fingerprint density at radius 1 is 0.912 bits per heavy atom. The van der Waals surface area contributed by atoms with Gasteiger partial charge in [0.25, 0.3) is 0 Å². The molecule has 0 aliphatic carbocycles. The number of aliphatic hydroxyl groups excluding tert-OH is 1. The molecule has 0 aromatic carbocycles. The second kappa shape index (κ2) is 11.6. The highest BCUT2D eigenvalue weighted by Crippen LogP contribution is 2.50. The summed E-state index contributed by atoms with van der Waals surface area (Å²) < 4.78 is 0. The van der Waals surface area contributed by atoms with Gasteiger partial charge >= 0.3 is 11.9 Å². The summed E-state index contributed by atoms with van der Waals surface area (Å²) in [7, 11) is 0. The van der Waals surface area contributed by atoms with E-state index in [0.717, 1.165) is 6.92 Å². The van der Waals surface area contributed by atoms with Gasteiger partial charge in [0.2, 0.25) is 11.4 Å². The standard InChI is InChI=1S/C20H33N5O9/c1-10(27)25-7-5-19(16(31)13(24)9-26,15(30)12(23)8-14(28)29)20(25,18(33)34)17(32)11(22)4-2-3-6-21/h11-13,26H,2-9,21-24H2,1H3,(H,28,29)(H,33,34). The lowest BCUT2D eigenvalue weighted by molar-refractivity contribution is -0.175. The highest BCUT2D eigenvalue weighted by Gasteiger charge is 2.76. The molecule has 14 heteroatoms. The first-order valence-electron chi connectivity index (χ1n) is 10.7. The van der Waals surface area contributed by atoms with Crippen LogP contribution in [-0.2, 0) is 28.8 Å². The van der Waals surface area contributed by atoms with Crippen molar-refractivity contribution >= 4 is 35.2 Å². The van der Waals surface area contributed by atoms with Crippen LogP contribution in [0.1, 0.15) is 39.0 Å². The van der Waals surface area contributed by atoms with Crippen molar-refractivity contribution in [3.05, 3.63) is 0 Å². The van der Waals surface area contributed by atoms with Gasteiger partial charge in [-0.15, -0.1) is 0 Å². The van der Waals surface area contributed by atoms with E-state index in [1.165, 1.54) is 0 Å². The minimum atomic E-state index is -3.14. The molecule has 1 rings (SSSR count). The molecule has 1 fully saturated rings. The fourth-order valence-corrected chi connectivity index (χ4v) is 4.63. The summed E-state index contributed by atoms with van der Waals surface area (Å²) in [6.07, 6.45) is -0.988. The lowest BCUT2D eigenvalue weighted by Crippen LogP contribution is -2.75. The number of rotatable bonds is 14. The summed E-state index contributed by atoms with van der Waals surface area (Å²) in [5, 5.41) is 29.0. The predicted octanol–water partition coefficient (Wildman–Crippen LogP) is -3.67. The van der Waals surface area contributed by atoms with Crippen LogP contribution < -0.4 is 22.9 Å². The van der Waals surface area contributed by atoms with Gasteiger partial charge in [-0.25, -0.2) is 4.79 Å².